The topological polar surface area (TPSA) is 78.9 Å². The van der Waals surface area contributed by atoms with E-state index in [1.54, 1.807) is 12.1 Å². The molecule has 2 aromatic rings. The zero-order valence-corrected chi connectivity index (χ0v) is 19.1. The van der Waals surface area contributed by atoms with Crippen LogP contribution in [0.1, 0.15) is 60.7 Å². The number of aryl methyl sites for hydroxylation is 2. The van der Waals surface area contributed by atoms with Crippen LogP contribution >= 0.6 is 0 Å². The van der Waals surface area contributed by atoms with Crippen LogP contribution in [0.2, 0.25) is 0 Å². The predicted molar refractivity (Wildman–Crippen MR) is 121 cm³/mol. The fourth-order valence-corrected chi connectivity index (χ4v) is 3.55. The fraction of sp³-hybridized carbons (Fsp3) is 0.440. The maximum absolute atomic E-state index is 13.1. The first-order valence-corrected chi connectivity index (χ1v) is 10.6. The number of benzene rings is 2. The number of amides is 2. The number of nitrogens with one attached hydrogen (secondary N) is 1. The van der Waals surface area contributed by atoms with Crippen LogP contribution in [0, 0.1) is 19.3 Å². The lowest BCUT2D eigenvalue weighted by Crippen LogP contribution is -2.56. The van der Waals surface area contributed by atoms with Gasteiger partial charge in [-0.05, 0) is 49.8 Å². The van der Waals surface area contributed by atoms with Crippen molar-refractivity contribution in [3.63, 3.8) is 0 Å². The van der Waals surface area contributed by atoms with Crippen LogP contribution in [-0.4, -0.2) is 34.8 Å². The maximum Gasteiger partial charge on any atom is 0.429 e. The lowest BCUT2D eigenvalue weighted by atomic mass is 9.83. The molecule has 0 saturated carbocycles. The Morgan fingerprint density at radius 3 is 2.23 bits per heavy atom. The van der Waals surface area contributed by atoms with Gasteiger partial charge in [-0.15, -0.1) is 0 Å². The minimum Gasteiger partial charge on any atom is -0.443 e. The van der Waals surface area contributed by atoms with Crippen molar-refractivity contribution in [1.29, 1.82) is 0 Å². The van der Waals surface area contributed by atoms with Crippen LogP contribution in [0.5, 0.6) is 0 Å². The van der Waals surface area contributed by atoms with Gasteiger partial charge in [-0.2, -0.15) is 0 Å². The molecular formula is C25H34N2O4. The number of carbonyl (C=O) groups excluding carboxylic acids is 2. The second kappa shape index (κ2) is 11.0. The first-order chi connectivity index (χ1) is 14.6. The molecule has 0 heterocycles. The molecule has 31 heavy (non-hydrogen) atoms. The average Bonchev–Trinajstić information content (AvgIpc) is 2.70. The molecule has 168 valence electrons. The summed E-state index contributed by atoms with van der Waals surface area (Å²) in [6, 6.07) is 14.6. The number of nitrogens with zero attached hydrogens (tertiary/aromatic N) is 1. The van der Waals surface area contributed by atoms with E-state index in [4.69, 9.17) is 4.74 Å². The fourth-order valence-electron chi connectivity index (χ4n) is 3.55. The van der Waals surface area contributed by atoms with E-state index in [1.165, 1.54) is 5.01 Å². The van der Waals surface area contributed by atoms with E-state index < -0.39 is 6.09 Å². The van der Waals surface area contributed by atoms with Crippen molar-refractivity contribution in [3.05, 3.63) is 70.8 Å². The molecule has 2 N–H and O–H groups in total. The zero-order chi connectivity index (χ0) is 23.0. The molecule has 0 bridgehead atoms. The predicted octanol–water partition coefficient (Wildman–Crippen LogP) is 4.77. The Labute approximate surface area is 185 Å². The van der Waals surface area contributed by atoms with Crippen molar-refractivity contribution >= 4 is 12.0 Å². The number of rotatable bonds is 7. The summed E-state index contributed by atoms with van der Waals surface area (Å²) in [6.45, 7) is 9.95. The van der Waals surface area contributed by atoms with Crippen LogP contribution in [0.25, 0.3) is 0 Å². The van der Waals surface area contributed by atoms with Gasteiger partial charge in [0, 0.05) is 12.2 Å². The van der Waals surface area contributed by atoms with E-state index in [2.05, 4.69) is 5.43 Å². The first kappa shape index (κ1) is 24.4. The molecule has 0 unspecified atom stereocenters. The molecule has 0 radical (unpaired) electrons. The highest BCUT2D eigenvalue weighted by Crippen LogP contribution is 2.28. The van der Waals surface area contributed by atoms with Crippen molar-refractivity contribution in [2.45, 2.75) is 60.1 Å². The Hall–Kier alpha value is -2.86. The second-order valence-corrected chi connectivity index (χ2v) is 8.98. The molecule has 2 amide bonds. The van der Waals surface area contributed by atoms with Gasteiger partial charge in [-0.3, -0.25) is 10.2 Å². The molecule has 0 aliphatic rings. The summed E-state index contributed by atoms with van der Waals surface area (Å²) in [5.74, 6) is -0.373. The molecule has 1 atom stereocenters. The Kier molecular flexibility index (Phi) is 8.63. The zero-order valence-electron chi connectivity index (χ0n) is 19.1. The lowest BCUT2D eigenvalue weighted by Gasteiger charge is -2.39. The van der Waals surface area contributed by atoms with Crippen molar-refractivity contribution < 1.29 is 19.4 Å². The van der Waals surface area contributed by atoms with Crippen molar-refractivity contribution in [1.82, 2.24) is 10.4 Å². The second-order valence-electron chi connectivity index (χ2n) is 8.98. The van der Waals surface area contributed by atoms with E-state index in [0.29, 0.717) is 18.4 Å². The third kappa shape index (κ3) is 7.40. The summed E-state index contributed by atoms with van der Waals surface area (Å²) in [5.41, 5.74) is 5.70. The summed E-state index contributed by atoms with van der Waals surface area (Å²) in [4.78, 5) is 26.1. The van der Waals surface area contributed by atoms with Gasteiger partial charge in [-0.25, -0.2) is 9.80 Å². The number of carbonyl (C=O) groups is 2. The van der Waals surface area contributed by atoms with Crippen LogP contribution in [0.4, 0.5) is 4.79 Å². The van der Waals surface area contributed by atoms with Gasteiger partial charge in [-0.1, -0.05) is 68.3 Å². The highest BCUT2D eigenvalue weighted by atomic mass is 16.6. The molecule has 0 aliphatic carbocycles. The Balaban J connectivity index is 2.28. The van der Waals surface area contributed by atoms with Gasteiger partial charge in [0.15, 0.2) is 0 Å². The molecule has 2 rings (SSSR count). The first-order valence-electron chi connectivity index (χ1n) is 10.6. The number of aliphatic hydroxyl groups excluding tert-OH is 1. The summed E-state index contributed by atoms with van der Waals surface area (Å²) >= 11 is 0. The molecule has 2 aromatic carbocycles. The van der Waals surface area contributed by atoms with E-state index in [1.807, 2.05) is 71.0 Å². The van der Waals surface area contributed by atoms with Gasteiger partial charge < -0.3 is 9.84 Å². The average molecular weight is 427 g/mol. The SMILES string of the molecule is Cc1cc(C)cc(C(=O)NN(C(=O)OCc2ccccc2)[C@@H](CCCO)C(C)(C)C)c1. The lowest BCUT2D eigenvalue weighted by molar-refractivity contribution is 0.0180. The van der Waals surface area contributed by atoms with E-state index in [-0.39, 0.29) is 30.6 Å². The van der Waals surface area contributed by atoms with Crippen LogP contribution in [-0.2, 0) is 11.3 Å². The number of hydrazine groups is 1. The Morgan fingerprint density at radius 1 is 1.06 bits per heavy atom. The Morgan fingerprint density at radius 2 is 1.68 bits per heavy atom. The van der Waals surface area contributed by atoms with Crippen LogP contribution in [0.3, 0.4) is 0 Å². The monoisotopic (exact) mass is 426 g/mol. The van der Waals surface area contributed by atoms with Gasteiger partial charge in [0.25, 0.3) is 5.91 Å². The third-order valence-electron chi connectivity index (χ3n) is 5.05. The molecular weight excluding hydrogens is 392 g/mol. The van der Waals surface area contributed by atoms with Crippen molar-refractivity contribution in [2.24, 2.45) is 5.41 Å². The number of hydrogen-bond donors (Lipinski definition) is 2. The van der Waals surface area contributed by atoms with Crippen molar-refractivity contribution in [3.8, 4) is 0 Å². The van der Waals surface area contributed by atoms with E-state index in [0.717, 1.165) is 16.7 Å². The third-order valence-corrected chi connectivity index (χ3v) is 5.05. The molecule has 6 nitrogen and oxygen atoms in total. The Bertz CT molecular complexity index is 855. The molecule has 6 heteroatoms. The minimum absolute atomic E-state index is 0.00447. The van der Waals surface area contributed by atoms with Crippen LogP contribution < -0.4 is 5.43 Å². The van der Waals surface area contributed by atoms with Gasteiger partial charge in [0.2, 0.25) is 0 Å². The normalized spacial score (nSPS) is 12.2. The number of hydrogen-bond acceptors (Lipinski definition) is 4. The minimum atomic E-state index is -0.626. The molecule has 0 aromatic heterocycles. The van der Waals surface area contributed by atoms with Crippen LogP contribution in [0.15, 0.2) is 48.5 Å². The summed E-state index contributed by atoms with van der Waals surface area (Å²) < 4.78 is 5.54. The molecule has 0 fully saturated rings. The molecule has 0 aliphatic heterocycles. The highest BCUT2D eigenvalue weighted by Gasteiger charge is 2.35. The van der Waals surface area contributed by atoms with Crippen molar-refractivity contribution in [2.75, 3.05) is 6.61 Å². The van der Waals surface area contributed by atoms with Gasteiger partial charge in [0.05, 0.1) is 6.04 Å². The molecule has 0 spiro atoms. The maximum atomic E-state index is 13.1. The largest absolute Gasteiger partial charge is 0.443 e. The quantitative estimate of drug-likeness (QED) is 0.625. The van der Waals surface area contributed by atoms with Gasteiger partial charge >= 0.3 is 6.09 Å². The standard InChI is InChI=1S/C25H34N2O4/c1-18-14-19(2)16-21(15-18)23(29)26-27(22(12-9-13-28)25(3,4)5)24(30)31-17-20-10-7-6-8-11-20/h6-8,10-11,14-16,22,28H,9,12-13,17H2,1-5H3,(H,26,29)/t22-/m0/s1. The molecule has 0 saturated heterocycles. The highest BCUT2D eigenvalue weighted by molar-refractivity contribution is 5.95. The smallest absolute Gasteiger partial charge is 0.429 e. The van der Waals surface area contributed by atoms with Gasteiger partial charge in [0.1, 0.15) is 6.61 Å². The number of aliphatic hydroxyl groups is 1. The summed E-state index contributed by atoms with van der Waals surface area (Å²) in [6.07, 6.45) is 0.400. The number of ether oxygens (including phenoxy) is 1. The van der Waals surface area contributed by atoms with E-state index in [9.17, 15) is 14.7 Å². The summed E-state index contributed by atoms with van der Waals surface area (Å²) in [7, 11) is 0. The summed E-state index contributed by atoms with van der Waals surface area (Å²) in [5, 5.41) is 10.6. The van der Waals surface area contributed by atoms with E-state index >= 15 is 0 Å².